The van der Waals surface area contributed by atoms with Crippen molar-refractivity contribution in [1.82, 2.24) is 4.90 Å². The van der Waals surface area contributed by atoms with E-state index in [0.717, 1.165) is 41.6 Å². The number of hydrogen-bond acceptors (Lipinski definition) is 4. The van der Waals surface area contributed by atoms with Crippen LogP contribution in [0.3, 0.4) is 0 Å². The molecule has 2 saturated heterocycles. The van der Waals surface area contributed by atoms with Gasteiger partial charge in [-0.15, -0.1) is 0 Å². The first-order valence-electron chi connectivity index (χ1n) is 13.9. The van der Waals surface area contributed by atoms with Crippen molar-refractivity contribution < 1.29 is 4.79 Å². The lowest BCUT2D eigenvalue weighted by Crippen LogP contribution is -2.41. The molecule has 2 heterocycles. The first kappa shape index (κ1) is 23.1. The maximum atomic E-state index is 13.8. The van der Waals surface area contributed by atoms with Crippen LogP contribution in [-0.4, -0.2) is 41.1 Å². The summed E-state index contributed by atoms with van der Waals surface area (Å²) in [6.45, 7) is 2.27. The molecular formula is C30H37N3OS. The Morgan fingerprint density at radius 2 is 1.49 bits per heavy atom. The van der Waals surface area contributed by atoms with E-state index in [4.69, 9.17) is 4.99 Å². The van der Waals surface area contributed by atoms with E-state index in [0.29, 0.717) is 12.1 Å². The largest absolute Gasteiger partial charge is 0.371 e. The molecule has 2 aromatic rings. The predicted molar refractivity (Wildman–Crippen MR) is 149 cm³/mol. The van der Waals surface area contributed by atoms with Crippen LogP contribution in [0.1, 0.15) is 82.6 Å². The second-order valence-corrected chi connectivity index (χ2v) is 11.7. The predicted octanol–water partition coefficient (Wildman–Crippen LogP) is 7.38. The average Bonchev–Trinajstić information content (AvgIpc) is 3.54. The van der Waals surface area contributed by atoms with Crippen molar-refractivity contribution >= 4 is 45.4 Å². The van der Waals surface area contributed by atoms with Crippen molar-refractivity contribution in [2.24, 2.45) is 4.99 Å². The number of aliphatic imine (C=N–C) groups is 1. The number of hydrogen-bond donors (Lipinski definition) is 0. The van der Waals surface area contributed by atoms with Crippen LogP contribution in [0, 0.1) is 0 Å². The first-order valence-corrected chi connectivity index (χ1v) is 14.7. The Kier molecular flexibility index (Phi) is 6.86. The van der Waals surface area contributed by atoms with E-state index >= 15 is 0 Å². The monoisotopic (exact) mass is 487 g/mol. The summed E-state index contributed by atoms with van der Waals surface area (Å²) in [5.74, 6) is 0.171. The van der Waals surface area contributed by atoms with E-state index in [9.17, 15) is 4.79 Å². The highest BCUT2D eigenvalue weighted by Gasteiger charge is 2.39. The number of carbonyl (C=O) groups excluding carboxylic acids is 1. The molecule has 5 heteroatoms. The number of rotatable bonds is 4. The summed E-state index contributed by atoms with van der Waals surface area (Å²) in [6, 6.07) is 13.9. The zero-order valence-electron chi connectivity index (χ0n) is 20.8. The molecule has 4 fully saturated rings. The van der Waals surface area contributed by atoms with E-state index in [1.165, 1.54) is 80.7 Å². The van der Waals surface area contributed by atoms with E-state index in [1.807, 2.05) is 0 Å². The Morgan fingerprint density at radius 3 is 2.23 bits per heavy atom. The third kappa shape index (κ3) is 4.76. The van der Waals surface area contributed by atoms with Crippen molar-refractivity contribution in [1.29, 1.82) is 0 Å². The lowest BCUT2D eigenvalue weighted by molar-refractivity contribution is -0.124. The smallest absolute Gasteiger partial charge is 0.267 e. The summed E-state index contributed by atoms with van der Waals surface area (Å²) in [5.41, 5.74) is 2.47. The fraction of sp³-hybridized carbons (Fsp3) is 0.533. The third-order valence-electron chi connectivity index (χ3n) is 8.31. The molecule has 0 aromatic heterocycles. The van der Waals surface area contributed by atoms with E-state index in [2.05, 4.69) is 52.3 Å². The van der Waals surface area contributed by atoms with Gasteiger partial charge in [-0.1, -0.05) is 68.9 Å². The van der Waals surface area contributed by atoms with Crippen LogP contribution in [0.15, 0.2) is 46.3 Å². The summed E-state index contributed by atoms with van der Waals surface area (Å²) in [7, 11) is 0. The summed E-state index contributed by atoms with van der Waals surface area (Å²) in [5, 5.41) is 3.50. The summed E-state index contributed by atoms with van der Waals surface area (Å²) in [6.07, 6.45) is 16.8. The van der Waals surface area contributed by atoms with Gasteiger partial charge in [0.1, 0.15) is 0 Å². The number of fused-ring (bicyclic) bond motifs is 1. The van der Waals surface area contributed by atoms with Crippen molar-refractivity contribution in [3.05, 3.63) is 46.9 Å². The molecule has 0 spiro atoms. The van der Waals surface area contributed by atoms with Crippen LogP contribution in [0.5, 0.6) is 0 Å². The molecule has 184 valence electrons. The Bertz CT molecular complexity index is 1140. The van der Waals surface area contributed by atoms with Gasteiger partial charge in [0, 0.05) is 30.2 Å². The minimum atomic E-state index is 0.171. The maximum Gasteiger partial charge on any atom is 0.267 e. The number of anilines is 1. The number of nitrogens with zero attached hydrogens (tertiary/aromatic N) is 3. The zero-order chi connectivity index (χ0) is 23.6. The van der Waals surface area contributed by atoms with Crippen LogP contribution < -0.4 is 4.90 Å². The van der Waals surface area contributed by atoms with Gasteiger partial charge in [0.05, 0.1) is 10.9 Å². The quantitative estimate of drug-likeness (QED) is 0.422. The van der Waals surface area contributed by atoms with E-state index in [1.54, 1.807) is 11.8 Å². The van der Waals surface area contributed by atoms with Gasteiger partial charge < -0.3 is 4.90 Å². The van der Waals surface area contributed by atoms with Crippen LogP contribution in [0.2, 0.25) is 0 Å². The van der Waals surface area contributed by atoms with Gasteiger partial charge in [0.25, 0.3) is 5.91 Å². The van der Waals surface area contributed by atoms with Crippen LogP contribution in [-0.2, 0) is 4.79 Å². The SMILES string of the molecule is O=C1C(=Cc2ccc(N3CCCC3)c3ccccc23)SC(=NC2CCCCC2)N1C1CCCCC1. The lowest BCUT2D eigenvalue weighted by atomic mass is 9.94. The molecule has 6 rings (SSSR count). The van der Waals surface area contributed by atoms with E-state index in [-0.39, 0.29) is 5.91 Å². The fourth-order valence-corrected chi connectivity index (χ4v) is 7.51. The minimum absolute atomic E-state index is 0.171. The van der Waals surface area contributed by atoms with Gasteiger partial charge in [-0.2, -0.15) is 0 Å². The highest BCUT2D eigenvalue weighted by Crippen LogP contribution is 2.40. The van der Waals surface area contributed by atoms with Gasteiger partial charge in [0.15, 0.2) is 5.17 Å². The number of amides is 1. The lowest BCUT2D eigenvalue weighted by Gasteiger charge is -2.31. The van der Waals surface area contributed by atoms with Crippen LogP contribution >= 0.6 is 11.8 Å². The highest BCUT2D eigenvalue weighted by atomic mass is 32.2. The molecule has 4 aliphatic rings. The topological polar surface area (TPSA) is 35.9 Å². The molecule has 0 atom stereocenters. The molecule has 0 radical (unpaired) electrons. The summed E-state index contributed by atoms with van der Waals surface area (Å²) in [4.78, 5) is 24.5. The first-order chi connectivity index (χ1) is 17.3. The molecule has 2 aliphatic carbocycles. The molecule has 0 unspecified atom stereocenters. The van der Waals surface area contributed by atoms with Crippen molar-refractivity contribution in [2.75, 3.05) is 18.0 Å². The highest BCUT2D eigenvalue weighted by molar-refractivity contribution is 8.18. The Morgan fingerprint density at radius 1 is 0.800 bits per heavy atom. The molecule has 0 bridgehead atoms. The maximum absolute atomic E-state index is 13.8. The average molecular weight is 488 g/mol. The molecule has 2 aromatic carbocycles. The summed E-state index contributed by atoms with van der Waals surface area (Å²) >= 11 is 1.62. The molecule has 1 amide bonds. The molecule has 4 nitrogen and oxygen atoms in total. The van der Waals surface area contributed by atoms with Crippen molar-refractivity contribution in [3.8, 4) is 0 Å². The van der Waals surface area contributed by atoms with Gasteiger partial charge in [-0.25, -0.2) is 0 Å². The molecule has 0 N–H and O–H groups in total. The standard InChI is InChI=1S/C30H37N3OS/c34-29-28(21-22-17-18-27(32-19-9-10-20-32)26-16-8-7-15-25(22)26)35-30(31-23-11-3-1-4-12-23)33(29)24-13-5-2-6-14-24/h7-8,15-18,21,23-24H,1-6,9-14,19-20H2. The zero-order valence-corrected chi connectivity index (χ0v) is 21.6. The van der Waals surface area contributed by atoms with Gasteiger partial charge in [-0.3, -0.25) is 14.7 Å². The molecule has 35 heavy (non-hydrogen) atoms. The molecule has 2 saturated carbocycles. The minimum Gasteiger partial charge on any atom is -0.371 e. The molecular weight excluding hydrogens is 450 g/mol. The Labute approximate surface area is 213 Å². The summed E-state index contributed by atoms with van der Waals surface area (Å²) < 4.78 is 0. The number of thioether (sulfide) groups is 1. The Balaban J connectivity index is 1.36. The normalized spacial score (nSPS) is 25.0. The Hall–Kier alpha value is -2.27. The number of amidine groups is 1. The fourth-order valence-electron chi connectivity index (χ4n) is 6.41. The second-order valence-electron chi connectivity index (χ2n) is 10.7. The van der Waals surface area contributed by atoms with Gasteiger partial charge in [0.2, 0.25) is 0 Å². The second kappa shape index (κ2) is 10.4. The third-order valence-corrected chi connectivity index (χ3v) is 9.31. The number of benzene rings is 2. The van der Waals surface area contributed by atoms with Crippen LogP contribution in [0.4, 0.5) is 5.69 Å². The van der Waals surface area contributed by atoms with E-state index < -0.39 is 0 Å². The van der Waals surface area contributed by atoms with Gasteiger partial charge >= 0.3 is 0 Å². The molecule has 2 aliphatic heterocycles. The van der Waals surface area contributed by atoms with Crippen molar-refractivity contribution in [3.63, 3.8) is 0 Å². The van der Waals surface area contributed by atoms with Gasteiger partial charge in [-0.05, 0) is 73.4 Å². The number of carbonyl (C=O) groups is 1. The van der Waals surface area contributed by atoms with Crippen LogP contribution in [0.25, 0.3) is 16.8 Å². The van der Waals surface area contributed by atoms with Crippen molar-refractivity contribution in [2.45, 2.75) is 89.1 Å².